The van der Waals surface area contributed by atoms with Crippen LogP contribution in [0.5, 0.6) is 0 Å². The van der Waals surface area contributed by atoms with Crippen LogP contribution in [0.4, 0.5) is 0 Å². The lowest BCUT2D eigenvalue weighted by Gasteiger charge is -2.21. The third kappa shape index (κ3) is 7.68. The number of nitrogens with zero attached hydrogens (tertiary/aromatic N) is 1. The van der Waals surface area contributed by atoms with Gasteiger partial charge in [-0.05, 0) is 50.9 Å². The van der Waals surface area contributed by atoms with Gasteiger partial charge in [-0.2, -0.15) is 0 Å². The average Bonchev–Trinajstić information content (AvgIpc) is 2.27. The lowest BCUT2D eigenvalue weighted by Crippen LogP contribution is -2.14. The predicted octanol–water partition coefficient (Wildman–Crippen LogP) is 5.51. The Morgan fingerprint density at radius 2 is 1.72 bits per heavy atom. The van der Waals surface area contributed by atoms with E-state index in [2.05, 4.69) is 48.1 Å². The number of aliphatic imine (C=N–C) groups is 1. The minimum absolute atomic E-state index is 0.588. The van der Waals surface area contributed by atoms with Crippen LogP contribution < -0.4 is 0 Å². The van der Waals surface area contributed by atoms with E-state index in [4.69, 9.17) is 4.99 Å². The van der Waals surface area contributed by atoms with Crippen molar-refractivity contribution in [2.24, 2.45) is 22.7 Å². The van der Waals surface area contributed by atoms with Gasteiger partial charge in [0.15, 0.2) is 0 Å². The molecule has 0 aromatic carbocycles. The zero-order valence-corrected chi connectivity index (χ0v) is 13.4. The summed E-state index contributed by atoms with van der Waals surface area (Å²) in [7, 11) is 0. The second-order valence-corrected chi connectivity index (χ2v) is 6.17. The lowest BCUT2D eigenvalue weighted by molar-refractivity contribution is 0.467. The number of rotatable bonds is 9. The highest BCUT2D eigenvalue weighted by molar-refractivity contribution is 5.84. The van der Waals surface area contributed by atoms with E-state index in [1.165, 1.54) is 37.0 Å². The molecule has 0 fully saturated rings. The van der Waals surface area contributed by atoms with Crippen molar-refractivity contribution in [2.75, 3.05) is 6.54 Å². The van der Waals surface area contributed by atoms with Gasteiger partial charge in [-0.25, -0.2) is 0 Å². The molecule has 0 saturated heterocycles. The highest BCUT2D eigenvalue weighted by Crippen LogP contribution is 2.24. The van der Waals surface area contributed by atoms with E-state index in [1.807, 2.05) is 0 Å². The van der Waals surface area contributed by atoms with Gasteiger partial charge < -0.3 is 0 Å². The van der Waals surface area contributed by atoms with Crippen LogP contribution in [-0.4, -0.2) is 12.3 Å². The monoisotopic (exact) mass is 251 g/mol. The van der Waals surface area contributed by atoms with Gasteiger partial charge in [0.25, 0.3) is 0 Å². The quantitative estimate of drug-likeness (QED) is 0.378. The van der Waals surface area contributed by atoms with Crippen LogP contribution in [0.1, 0.15) is 67.2 Å². The molecule has 0 rings (SSSR count). The smallest absolute Gasteiger partial charge is 0.0391 e. The van der Waals surface area contributed by atoms with Crippen LogP contribution in [-0.2, 0) is 0 Å². The van der Waals surface area contributed by atoms with Gasteiger partial charge in [-0.3, -0.25) is 4.99 Å². The van der Waals surface area contributed by atoms with E-state index in [0.29, 0.717) is 11.8 Å². The minimum atomic E-state index is 0.588. The summed E-state index contributed by atoms with van der Waals surface area (Å²) in [4.78, 5) is 4.72. The molecule has 0 bridgehead atoms. The maximum absolute atomic E-state index is 4.72. The molecule has 1 heteroatoms. The molecule has 0 radical (unpaired) electrons. The van der Waals surface area contributed by atoms with Gasteiger partial charge in [-0.1, -0.05) is 46.3 Å². The predicted molar refractivity (Wildman–Crippen MR) is 84.4 cm³/mol. The second kappa shape index (κ2) is 9.35. The summed E-state index contributed by atoms with van der Waals surface area (Å²) in [6, 6.07) is 0. The molecule has 0 N–H and O–H groups in total. The molecule has 0 spiro atoms. The molecule has 0 amide bonds. The van der Waals surface area contributed by atoms with Crippen LogP contribution >= 0.6 is 0 Å². The zero-order chi connectivity index (χ0) is 14.1. The third-order valence-electron chi connectivity index (χ3n) is 3.75. The highest BCUT2D eigenvalue weighted by atomic mass is 14.7. The minimum Gasteiger partial charge on any atom is -0.294 e. The molecule has 1 nitrogen and oxygen atoms in total. The Kier molecular flexibility index (Phi) is 9.05. The Hall–Kier alpha value is -0.590. The van der Waals surface area contributed by atoms with Crippen LogP contribution in [0.25, 0.3) is 0 Å². The molecule has 2 atom stereocenters. The first kappa shape index (κ1) is 17.4. The maximum Gasteiger partial charge on any atom is 0.0391 e. The molecular formula is C17H33N. The average molecular weight is 251 g/mol. The standard InChI is InChI=1S/C17H33N/c1-8-9-17(14(4)5)12-15(6)16(7)18-11-10-13(2)3/h13,15,17H,4,8-12H2,1-3,5-7H3/b18-16+. The molecule has 0 aliphatic rings. The van der Waals surface area contributed by atoms with Gasteiger partial charge in [0, 0.05) is 12.3 Å². The van der Waals surface area contributed by atoms with Crippen molar-refractivity contribution in [2.45, 2.75) is 67.2 Å². The van der Waals surface area contributed by atoms with Crippen LogP contribution in [0.15, 0.2) is 17.1 Å². The van der Waals surface area contributed by atoms with Gasteiger partial charge in [-0.15, -0.1) is 0 Å². The van der Waals surface area contributed by atoms with Crippen molar-refractivity contribution in [3.05, 3.63) is 12.2 Å². The first-order valence-corrected chi connectivity index (χ1v) is 7.54. The molecule has 2 unspecified atom stereocenters. The largest absolute Gasteiger partial charge is 0.294 e. The maximum atomic E-state index is 4.72. The molecule has 0 aliphatic carbocycles. The van der Waals surface area contributed by atoms with Crippen LogP contribution in [0.2, 0.25) is 0 Å². The molecule has 0 aromatic heterocycles. The fraction of sp³-hybridized carbons (Fsp3) is 0.824. The van der Waals surface area contributed by atoms with Crippen molar-refractivity contribution in [3.63, 3.8) is 0 Å². The summed E-state index contributed by atoms with van der Waals surface area (Å²) in [6.07, 6.45) is 4.91. The fourth-order valence-corrected chi connectivity index (χ4v) is 2.17. The van der Waals surface area contributed by atoms with Crippen molar-refractivity contribution in [1.82, 2.24) is 0 Å². The summed E-state index contributed by atoms with van der Waals surface area (Å²) in [5.41, 5.74) is 2.65. The fourth-order valence-electron chi connectivity index (χ4n) is 2.17. The van der Waals surface area contributed by atoms with Crippen molar-refractivity contribution in [3.8, 4) is 0 Å². The Labute approximate surface area is 115 Å². The van der Waals surface area contributed by atoms with Crippen molar-refractivity contribution < 1.29 is 0 Å². The summed E-state index contributed by atoms with van der Waals surface area (Å²) in [5.74, 6) is 2.01. The van der Waals surface area contributed by atoms with Gasteiger partial charge in [0.1, 0.15) is 0 Å². The Morgan fingerprint density at radius 3 is 2.17 bits per heavy atom. The zero-order valence-electron chi connectivity index (χ0n) is 13.4. The van der Waals surface area contributed by atoms with E-state index in [-0.39, 0.29) is 0 Å². The Morgan fingerprint density at radius 1 is 1.11 bits per heavy atom. The Balaban J connectivity index is 4.26. The first-order chi connectivity index (χ1) is 8.38. The third-order valence-corrected chi connectivity index (χ3v) is 3.75. The Bertz CT molecular complexity index is 263. The van der Waals surface area contributed by atoms with Crippen molar-refractivity contribution >= 4 is 5.71 Å². The summed E-state index contributed by atoms with van der Waals surface area (Å²) in [6.45, 7) is 18.5. The van der Waals surface area contributed by atoms with E-state index in [9.17, 15) is 0 Å². The van der Waals surface area contributed by atoms with Crippen LogP contribution in [0.3, 0.4) is 0 Å². The van der Waals surface area contributed by atoms with Crippen LogP contribution in [0, 0.1) is 17.8 Å². The summed E-state index contributed by atoms with van der Waals surface area (Å²) in [5, 5.41) is 0. The van der Waals surface area contributed by atoms with E-state index in [1.54, 1.807) is 0 Å². The summed E-state index contributed by atoms with van der Waals surface area (Å²) < 4.78 is 0. The molecule has 106 valence electrons. The topological polar surface area (TPSA) is 12.4 Å². The van der Waals surface area contributed by atoms with E-state index in [0.717, 1.165) is 12.5 Å². The second-order valence-electron chi connectivity index (χ2n) is 6.17. The van der Waals surface area contributed by atoms with Gasteiger partial charge >= 0.3 is 0 Å². The number of hydrogen-bond donors (Lipinski definition) is 0. The van der Waals surface area contributed by atoms with Gasteiger partial charge in [0.05, 0.1) is 0 Å². The molecule has 0 aliphatic heterocycles. The molecular weight excluding hydrogens is 218 g/mol. The SMILES string of the molecule is C=C(C)C(CCC)CC(C)/C(C)=N/CCC(C)C. The molecule has 0 saturated carbocycles. The van der Waals surface area contributed by atoms with Crippen molar-refractivity contribution in [1.29, 1.82) is 0 Å². The summed E-state index contributed by atoms with van der Waals surface area (Å²) >= 11 is 0. The van der Waals surface area contributed by atoms with Gasteiger partial charge in [0.2, 0.25) is 0 Å². The molecule has 0 aromatic rings. The lowest BCUT2D eigenvalue weighted by atomic mass is 9.86. The number of hydrogen-bond acceptors (Lipinski definition) is 1. The normalized spacial score (nSPS) is 15.8. The molecule has 0 heterocycles. The van der Waals surface area contributed by atoms with E-state index >= 15 is 0 Å². The number of allylic oxidation sites excluding steroid dienone is 1. The highest BCUT2D eigenvalue weighted by Gasteiger charge is 2.15. The first-order valence-electron chi connectivity index (χ1n) is 7.54. The van der Waals surface area contributed by atoms with E-state index < -0.39 is 0 Å². The molecule has 18 heavy (non-hydrogen) atoms.